The summed E-state index contributed by atoms with van der Waals surface area (Å²) in [6.45, 7) is 2.05. The van der Waals surface area contributed by atoms with Crippen LogP contribution in [0.25, 0.3) is 0 Å². The summed E-state index contributed by atoms with van der Waals surface area (Å²) in [5.74, 6) is -0.376. The smallest absolute Gasteiger partial charge is 0.407 e. The lowest BCUT2D eigenvalue weighted by atomic mass is 9.84. The van der Waals surface area contributed by atoms with Crippen molar-refractivity contribution >= 4 is 11.8 Å². The maximum Gasteiger partial charge on any atom is 0.407 e. The molecule has 2 rings (SSSR count). The molecule has 1 amide bonds. The fourth-order valence-electron chi connectivity index (χ4n) is 2.62. The van der Waals surface area contributed by atoms with Crippen LogP contribution in [0.5, 0.6) is 0 Å². The molecule has 1 aromatic carbocycles. The Morgan fingerprint density at radius 3 is 2.95 bits per heavy atom. The summed E-state index contributed by atoms with van der Waals surface area (Å²) >= 11 is 0. The Bertz CT molecular complexity index is 558. The molecule has 2 N–H and O–H groups in total. The number of hydrogen-bond donors (Lipinski definition) is 2. The number of benzene rings is 1. The lowest BCUT2D eigenvalue weighted by molar-refractivity contribution is 0.101. The van der Waals surface area contributed by atoms with Gasteiger partial charge in [-0.2, -0.15) is 5.26 Å². The van der Waals surface area contributed by atoms with Crippen LogP contribution in [0.4, 0.5) is 14.9 Å². The highest BCUT2D eigenvalue weighted by atomic mass is 19.1. The van der Waals surface area contributed by atoms with Crippen LogP contribution in [0, 0.1) is 17.1 Å². The van der Waals surface area contributed by atoms with E-state index in [1.54, 1.807) is 19.1 Å². The first kappa shape index (κ1) is 14.1. The van der Waals surface area contributed by atoms with E-state index >= 15 is 0 Å². The van der Waals surface area contributed by atoms with Crippen molar-refractivity contribution in [3.63, 3.8) is 0 Å². The quantitative estimate of drug-likeness (QED) is 0.871. The number of anilines is 1. The Labute approximate surface area is 116 Å². The topological polar surface area (TPSA) is 76.4 Å². The van der Waals surface area contributed by atoms with E-state index in [0.717, 1.165) is 0 Å². The average Bonchev–Trinajstić information content (AvgIpc) is 2.38. The SMILES string of the molecule is CC1CC(C#N)(Nc2cccc(F)c2)CCN1C(=O)O. The van der Waals surface area contributed by atoms with Gasteiger partial charge in [0.05, 0.1) is 6.07 Å². The summed E-state index contributed by atoms with van der Waals surface area (Å²) in [5, 5.41) is 21.5. The largest absolute Gasteiger partial charge is 0.465 e. The molecule has 1 aromatic rings. The predicted molar refractivity (Wildman–Crippen MR) is 71.8 cm³/mol. The molecule has 1 aliphatic rings. The van der Waals surface area contributed by atoms with Crippen molar-refractivity contribution in [3.05, 3.63) is 30.1 Å². The molecule has 1 saturated heterocycles. The first-order valence-corrected chi connectivity index (χ1v) is 6.40. The van der Waals surface area contributed by atoms with E-state index in [2.05, 4.69) is 11.4 Å². The highest BCUT2D eigenvalue weighted by Crippen LogP contribution is 2.30. The van der Waals surface area contributed by atoms with Crippen molar-refractivity contribution in [2.45, 2.75) is 31.3 Å². The van der Waals surface area contributed by atoms with Crippen molar-refractivity contribution in [2.24, 2.45) is 0 Å². The minimum atomic E-state index is -0.977. The third-order valence-corrected chi connectivity index (χ3v) is 3.62. The van der Waals surface area contributed by atoms with E-state index in [0.29, 0.717) is 18.5 Å². The number of amides is 1. The molecule has 2 unspecified atom stereocenters. The van der Waals surface area contributed by atoms with Crippen LogP contribution >= 0.6 is 0 Å². The van der Waals surface area contributed by atoms with Crippen molar-refractivity contribution in [3.8, 4) is 6.07 Å². The Hall–Kier alpha value is -2.29. The normalized spacial score (nSPS) is 25.9. The van der Waals surface area contributed by atoms with Gasteiger partial charge in [0.15, 0.2) is 0 Å². The second kappa shape index (κ2) is 5.37. The third-order valence-electron chi connectivity index (χ3n) is 3.62. The molecule has 0 spiro atoms. The number of carbonyl (C=O) groups is 1. The summed E-state index contributed by atoms with van der Waals surface area (Å²) in [6.07, 6.45) is -0.238. The van der Waals surface area contributed by atoms with Gasteiger partial charge in [0.1, 0.15) is 11.4 Å². The van der Waals surface area contributed by atoms with Crippen LogP contribution in [0.2, 0.25) is 0 Å². The van der Waals surface area contributed by atoms with Crippen molar-refractivity contribution in [2.75, 3.05) is 11.9 Å². The van der Waals surface area contributed by atoms with Gasteiger partial charge in [-0.1, -0.05) is 6.07 Å². The van der Waals surface area contributed by atoms with Crippen LogP contribution in [-0.4, -0.2) is 34.2 Å². The molecule has 2 atom stereocenters. The van der Waals surface area contributed by atoms with E-state index < -0.39 is 11.6 Å². The van der Waals surface area contributed by atoms with Crippen LogP contribution in [0.15, 0.2) is 24.3 Å². The number of halogens is 1. The van der Waals surface area contributed by atoms with E-state index in [1.807, 2.05) is 0 Å². The number of nitrogens with zero attached hydrogens (tertiary/aromatic N) is 2. The summed E-state index contributed by atoms with van der Waals surface area (Å²) in [6, 6.07) is 7.88. The number of likely N-dealkylation sites (tertiary alicyclic amines) is 1. The minimum Gasteiger partial charge on any atom is -0.465 e. The van der Waals surface area contributed by atoms with Crippen LogP contribution in [-0.2, 0) is 0 Å². The first-order chi connectivity index (χ1) is 9.46. The summed E-state index contributed by atoms with van der Waals surface area (Å²) in [7, 11) is 0. The standard InChI is InChI=1S/C14H16FN3O2/c1-10-8-14(9-16,5-6-18(10)13(19)20)17-12-4-2-3-11(15)7-12/h2-4,7,10,17H,5-6,8H2,1H3,(H,19,20). The molecule has 20 heavy (non-hydrogen) atoms. The number of nitriles is 1. The zero-order valence-corrected chi connectivity index (χ0v) is 11.1. The Morgan fingerprint density at radius 1 is 1.65 bits per heavy atom. The lowest BCUT2D eigenvalue weighted by Crippen LogP contribution is -2.53. The van der Waals surface area contributed by atoms with Gasteiger partial charge in [0, 0.05) is 31.1 Å². The summed E-state index contributed by atoms with van der Waals surface area (Å²) < 4.78 is 13.2. The number of hydrogen-bond acceptors (Lipinski definition) is 3. The highest BCUT2D eigenvalue weighted by molar-refractivity contribution is 5.66. The van der Waals surface area contributed by atoms with E-state index in [9.17, 15) is 14.4 Å². The van der Waals surface area contributed by atoms with Gasteiger partial charge in [0.25, 0.3) is 0 Å². The average molecular weight is 277 g/mol. The number of carboxylic acid groups (broad SMARTS) is 1. The second-order valence-electron chi connectivity index (χ2n) is 5.11. The van der Waals surface area contributed by atoms with Crippen LogP contribution < -0.4 is 5.32 Å². The van der Waals surface area contributed by atoms with Crippen molar-refractivity contribution < 1.29 is 14.3 Å². The van der Waals surface area contributed by atoms with Crippen LogP contribution in [0.3, 0.4) is 0 Å². The molecule has 0 bridgehead atoms. The molecule has 1 aliphatic heterocycles. The van der Waals surface area contributed by atoms with Crippen LogP contribution in [0.1, 0.15) is 19.8 Å². The molecule has 0 saturated carbocycles. The monoisotopic (exact) mass is 277 g/mol. The lowest BCUT2D eigenvalue weighted by Gasteiger charge is -2.41. The van der Waals surface area contributed by atoms with Gasteiger partial charge >= 0.3 is 6.09 Å². The van der Waals surface area contributed by atoms with Gasteiger partial charge in [-0.05, 0) is 25.1 Å². The fourth-order valence-corrected chi connectivity index (χ4v) is 2.62. The summed E-state index contributed by atoms with van der Waals surface area (Å²) in [4.78, 5) is 12.4. The van der Waals surface area contributed by atoms with Crippen molar-refractivity contribution in [1.82, 2.24) is 4.90 Å². The molecular formula is C14H16FN3O2. The number of rotatable bonds is 2. The zero-order valence-electron chi connectivity index (χ0n) is 11.1. The second-order valence-corrected chi connectivity index (χ2v) is 5.11. The van der Waals surface area contributed by atoms with Gasteiger partial charge in [0.2, 0.25) is 0 Å². The number of nitrogens with one attached hydrogen (secondary N) is 1. The molecule has 0 radical (unpaired) electrons. The molecule has 1 fully saturated rings. The van der Waals surface area contributed by atoms with Crippen molar-refractivity contribution in [1.29, 1.82) is 5.26 Å². The zero-order chi connectivity index (χ0) is 14.8. The van der Waals surface area contributed by atoms with Gasteiger partial charge in [-0.15, -0.1) is 0 Å². The molecule has 1 heterocycles. The van der Waals surface area contributed by atoms with Gasteiger partial charge < -0.3 is 15.3 Å². The number of piperidine rings is 1. The fraction of sp³-hybridized carbons (Fsp3) is 0.429. The summed E-state index contributed by atoms with van der Waals surface area (Å²) in [5.41, 5.74) is -0.332. The first-order valence-electron chi connectivity index (χ1n) is 6.40. The Morgan fingerprint density at radius 2 is 2.40 bits per heavy atom. The predicted octanol–water partition coefficient (Wildman–Crippen LogP) is 2.66. The van der Waals surface area contributed by atoms with E-state index in [-0.39, 0.29) is 18.4 Å². The van der Waals surface area contributed by atoms with E-state index in [4.69, 9.17) is 5.11 Å². The van der Waals surface area contributed by atoms with Gasteiger partial charge in [-0.25, -0.2) is 9.18 Å². The Kier molecular flexibility index (Phi) is 3.79. The molecule has 0 aliphatic carbocycles. The molecule has 106 valence electrons. The van der Waals surface area contributed by atoms with E-state index in [1.165, 1.54) is 17.0 Å². The molecule has 6 heteroatoms. The van der Waals surface area contributed by atoms with Gasteiger partial charge in [-0.3, -0.25) is 0 Å². The Balaban J connectivity index is 2.16. The maximum atomic E-state index is 13.2. The highest BCUT2D eigenvalue weighted by Gasteiger charge is 2.40. The third kappa shape index (κ3) is 2.82. The molecule has 0 aromatic heterocycles. The maximum absolute atomic E-state index is 13.2. The molecular weight excluding hydrogens is 261 g/mol. The minimum absolute atomic E-state index is 0.262. The molecule has 5 nitrogen and oxygen atoms in total.